The topological polar surface area (TPSA) is 87.5 Å². The molecule has 204 valence electrons. The number of nitrogens with one attached hydrogen (secondary N) is 2. The monoisotopic (exact) mass is 572 g/mol. The fraction of sp³-hybridized carbons (Fsp3) is 0.200. The molecule has 0 fully saturated rings. The molecule has 0 bridgehead atoms. The van der Waals surface area contributed by atoms with Crippen LogP contribution >= 0.6 is 11.6 Å². The van der Waals surface area contributed by atoms with Crippen molar-refractivity contribution in [2.75, 3.05) is 22.5 Å². The van der Waals surface area contributed by atoms with Crippen LogP contribution in [0.4, 0.5) is 52.6 Å². The van der Waals surface area contributed by atoms with Crippen LogP contribution < -0.4 is 21.3 Å². The van der Waals surface area contributed by atoms with E-state index in [0.717, 1.165) is 18.2 Å². The summed E-state index contributed by atoms with van der Waals surface area (Å²) in [6, 6.07) is 3.07. The van der Waals surface area contributed by atoms with Gasteiger partial charge < -0.3 is 16.4 Å². The van der Waals surface area contributed by atoms with Gasteiger partial charge in [-0.3, -0.25) is 9.69 Å². The smallest absolute Gasteiger partial charge is 0.398 e. The van der Waals surface area contributed by atoms with Gasteiger partial charge in [-0.1, -0.05) is 11.6 Å². The zero-order chi connectivity index (χ0) is 28.4. The normalized spacial score (nSPS) is 16.7. The molecule has 0 aromatic heterocycles. The van der Waals surface area contributed by atoms with Gasteiger partial charge in [-0.2, -0.15) is 26.3 Å². The standard InChI is InChI=1S/C25H16ClF7N4O2/c26-12-1-2-16(25(31,32)33)15(8-12)20-19-18(9-17(34)14-3-4-37(21(14)19)23(39)36-20)35-22(38)10-5-11(24(28,29)30)7-13(27)6-10/h1-2,5-9,20H,3-4,34H2,(H,35,38)(H,36,39). The van der Waals surface area contributed by atoms with Crippen molar-refractivity contribution < 1.29 is 40.3 Å². The maximum atomic E-state index is 14.0. The molecule has 4 N–H and O–H groups in total. The Hall–Kier alpha value is -4.00. The summed E-state index contributed by atoms with van der Waals surface area (Å²) in [4.78, 5) is 27.2. The number of anilines is 3. The Kier molecular flexibility index (Phi) is 6.17. The lowest BCUT2D eigenvalue weighted by molar-refractivity contribution is -0.139. The van der Waals surface area contributed by atoms with Gasteiger partial charge in [-0.15, -0.1) is 0 Å². The third-order valence-corrected chi connectivity index (χ3v) is 6.74. The van der Waals surface area contributed by atoms with Gasteiger partial charge in [0.15, 0.2) is 0 Å². The van der Waals surface area contributed by atoms with Gasteiger partial charge in [-0.25, -0.2) is 9.18 Å². The number of carbonyl (C=O) groups is 2. The summed E-state index contributed by atoms with van der Waals surface area (Å²) in [5.41, 5.74) is 3.05. The molecule has 0 spiro atoms. The van der Waals surface area contributed by atoms with E-state index in [-0.39, 0.29) is 46.7 Å². The van der Waals surface area contributed by atoms with Crippen LogP contribution in [0.25, 0.3) is 0 Å². The molecule has 0 aliphatic carbocycles. The molecule has 3 aromatic carbocycles. The molecule has 3 aromatic rings. The van der Waals surface area contributed by atoms with Crippen molar-refractivity contribution in [3.05, 3.63) is 86.7 Å². The molecule has 1 unspecified atom stereocenters. The number of hydrogen-bond donors (Lipinski definition) is 3. The molecule has 6 nitrogen and oxygen atoms in total. The number of rotatable bonds is 3. The first-order valence-electron chi connectivity index (χ1n) is 11.2. The Morgan fingerprint density at radius 3 is 2.44 bits per heavy atom. The number of hydrogen-bond acceptors (Lipinski definition) is 3. The lowest BCUT2D eigenvalue weighted by Crippen LogP contribution is -2.46. The maximum Gasteiger partial charge on any atom is 0.416 e. The van der Waals surface area contributed by atoms with E-state index in [1.807, 2.05) is 0 Å². The van der Waals surface area contributed by atoms with Crippen LogP contribution in [0.1, 0.15) is 44.2 Å². The Morgan fingerprint density at radius 2 is 1.77 bits per heavy atom. The third-order valence-electron chi connectivity index (χ3n) is 6.50. The molecule has 39 heavy (non-hydrogen) atoms. The molecule has 0 radical (unpaired) electrons. The number of benzene rings is 3. The first-order chi connectivity index (χ1) is 18.1. The molecule has 2 aliphatic heterocycles. The summed E-state index contributed by atoms with van der Waals surface area (Å²) in [5, 5.41) is 4.79. The summed E-state index contributed by atoms with van der Waals surface area (Å²) in [6.45, 7) is 0.142. The number of amides is 3. The van der Waals surface area contributed by atoms with Gasteiger partial charge in [0.25, 0.3) is 5.91 Å². The summed E-state index contributed by atoms with van der Waals surface area (Å²) in [6.07, 6.45) is -9.53. The van der Waals surface area contributed by atoms with E-state index in [1.165, 1.54) is 11.0 Å². The average molecular weight is 573 g/mol. The van der Waals surface area contributed by atoms with E-state index in [1.54, 1.807) is 0 Å². The van der Waals surface area contributed by atoms with Crippen molar-refractivity contribution in [2.24, 2.45) is 0 Å². The highest BCUT2D eigenvalue weighted by Gasteiger charge is 2.43. The minimum absolute atomic E-state index is 0.0184. The van der Waals surface area contributed by atoms with E-state index < -0.39 is 58.4 Å². The molecular formula is C25H16ClF7N4O2. The quantitative estimate of drug-likeness (QED) is 0.246. The molecular weight excluding hydrogens is 557 g/mol. The number of nitrogens with zero attached hydrogens (tertiary/aromatic N) is 1. The zero-order valence-electron chi connectivity index (χ0n) is 19.4. The van der Waals surface area contributed by atoms with Crippen molar-refractivity contribution in [2.45, 2.75) is 24.8 Å². The van der Waals surface area contributed by atoms with Crippen LogP contribution in [0.5, 0.6) is 0 Å². The Balaban J connectivity index is 1.68. The zero-order valence-corrected chi connectivity index (χ0v) is 20.2. The van der Waals surface area contributed by atoms with Gasteiger partial charge in [0.2, 0.25) is 0 Å². The summed E-state index contributed by atoms with van der Waals surface area (Å²) >= 11 is 6.01. The largest absolute Gasteiger partial charge is 0.416 e. The van der Waals surface area contributed by atoms with Gasteiger partial charge >= 0.3 is 18.4 Å². The van der Waals surface area contributed by atoms with Crippen molar-refractivity contribution in [3.63, 3.8) is 0 Å². The van der Waals surface area contributed by atoms with Crippen LogP contribution in [0.15, 0.2) is 42.5 Å². The molecule has 1 atom stereocenters. The number of carbonyl (C=O) groups excluding carboxylic acids is 2. The molecule has 2 aliphatic rings. The highest BCUT2D eigenvalue weighted by molar-refractivity contribution is 6.30. The van der Waals surface area contributed by atoms with Crippen molar-refractivity contribution in [1.82, 2.24) is 5.32 Å². The fourth-order valence-electron chi connectivity index (χ4n) is 4.87. The first-order valence-corrected chi connectivity index (χ1v) is 11.6. The highest BCUT2D eigenvalue weighted by Crippen LogP contribution is 2.49. The van der Waals surface area contributed by atoms with Crippen LogP contribution in [-0.2, 0) is 18.8 Å². The fourth-order valence-corrected chi connectivity index (χ4v) is 5.05. The summed E-state index contributed by atoms with van der Waals surface area (Å²) in [7, 11) is 0. The Bertz CT molecular complexity index is 1540. The van der Waals surface area contributed by atoms with Gasteiger partial charge in [-0.05, 0) is 54.4 Å². The molecule has 0 saturated carbocycles. The van der Waals surface area contributed by atoms with E-state index in [4.69, 9.17) is 17.3 Å². The maximum absolute atomic E-state index is 14.0. The van der Waals surface area contributed by atoms with Gasteiger partial charge in [0, 0.05) is 33.9 Å². The number of nitrogens with two attached hydrogens (primary N) is 1. The van der Waals surface area contributed by atoms with Crippen LogP contribution in [0, 0.1) is 5.82 Å². The molecule has 14 heteroatoms. The Labute approximate surface area is 220 Å². The number of urea groups is 1. The lowest BCUT2D eigenvalue weighted by atomic mass is 9.88. The summed E-state index contributed by atoms with van der Waals surface area (Å²) < 4.78 is 95.4. The predicted molar refractivity (Wildman–Crippen MR) is 128 cm³/mol. The minimum Gasteiger partial charge on any atom is -0.398 e. The van der Waals surface area contributed by atoms with E-state index in [0.29, 0.717) is 17.7 Å². The predicted octanol–water partition coefficient (Wildman–Crippen LogP) is 6.53. The Morgan fingerprint density at radius 1 is 1.05 bits per heavy atom. The van der Waals surface area contributed by atoms with Gasteiger partial charge in [0.1, 0.15) is 5.82 Å². The second-order valence-corrected chi connectivity index (χ2v) is 9.38. The molecule has 2 heterocycles. The van der Waals surface area contributed by atoms with Crippen LogP contribution in [-0.4, -0.2) is 18.5 Å². The van der Waals surface area contributed by atoms with Crippen LogP contribution in [0.3, 0.4) is 0 Å². The summed E-state index contributed by atoms with van der Waals surface area (Å²) in [5.74, 6) is -2.51. The molecule has 3 amide bonds. The molecule has 0 saturated heterocycles. The first kappa shape index (κ1) is 26.6. The van der Waals surface area contributed by atoms with Crippen molar-refractivity contribution in [1.29, 1.82) is 0 Å². The van der Waals surface area contributed by atoms with E-state index in [9.17, 15) is 40.3 Å². The highest BCUT2D eigenvalue weighted by atomic mass is 35.5. The lowest BCUT2D eigenvalue weighted by Gasteiger charge is -2.35. The second kappa shape index (κ2) is 9.04. The third kappa shape index (κ3) is 4.71. The van der Waals surface area contributed by atoms with Gasteiger partial charge in [0.05, 0.1) is 28.5 Å². The number of nitrogen functional groups attached to an aromatic ring is 1. The molecule has 5 rings (SSSR count). The average Bonchev–Trinajstić information content (AvgIpc) is 3.28. The minimum atomic E-state index is -4.95. The SMILES string of the molecule is Nc1cc(NC(=O)c2cc(F)cc(C(F)(F)F)c2)c2c3c1CCN3C(=O)NC2c1cc(Cl)ccc1C(F)(F)F. The number of halogens is 8. The number of alkyl halides is 6. The second-order valence-electron chi connectivity index (χ2n) is 8.95. The van der Waals surface area contributed by atoms with Crippen molar-refractivity contribution >= 4 is 40.6 Å². The van der Waals surface area contributed by atoms with Crippen LogP contribution in [0.2, 0.25) is 5.02 Å². The van der Waals surface area contributed by atoms with Crippen molar-refractivity contribution in [3.8, 4) is 0 Å². The van der Waals surface area contributed by atoms with E-state index >= 15 is 0 Å². The van der Waals surface area contributed by atoms with E-state index in [2.05, 4.69) is 10.6 Å².